The molecule has 1 aliphatic rings. The molecule has 0 saturated heterocycles. The van der Waals surface area contributed by atoms with Crippen molar-refractivity contribution in [3.05, 3.63) is 52.5 Å². The van der Waals surface area contributed by atoms with Gasteiger partial charge in [-0.3, -0.25) is 4.79 Å². The number of aryl methyl sites for hydroxylation is 1. The first-order chi connectivity index (χ1) is 7.66. The van der Waals surface area contributed by atoms with E-state index in [2.05, 4.69) is 21.2 Å². The highest BCUT2D eigenvalue weighted by Crippen LogP contribution is 2.21. The summed E-state index contributed by atoms with van der Waals surface area (Å²) in [6.45, 7) is 2.00. The molecule has 1 amide bonds. The predicted octanol–water partition coefficient (Wildman–Crippen LogP) is 3.44. The first-order valence-corrected chi connectivity index (χ1v) is 5.88. The lowest BCUT2D eigenvalue weighted by Gasteiger charge is -2.09. The highest BCUT2D eigenvalue weighted by Gasteiger charge is 2.14. The van der Waals surface area contributed by atoms with Crippen LogP contribution in [0.1, 0.15) is 5.56 Å². The fraction of sp³-hybridized carbons (Fsp3) is 0.154. The van der Waals surface area contributed by atoms with Gasteiger partial charge in [-0.1, -0.05) is 40.2 Å². The summed E-state index contributed by atoms with van der Waals surface area (Å²) < 4.78 is 1.05. The molecule has 16 heavy (non-hydrogen) atoms. The molecule has 1 N–H and O–H groups in total. The van der Waals surface area contributed by atoms with E-state index in [4.69, 9.17) is 0 Å². The van der Waals surface area contributed by atoms with Gasteiger partial charge in [0, 0.05) is 10.2 Å². The Morgan fingerprint density at radius 1 is 1.31 bits per heavy atom. The first kappa shape index (κ1) is 11.1. The van der Waals surface area contributed by atoms with E-state index in [1.807, 2.05) is 49.4 Å². The Kier molecular flexibility index (Phi) is 3.25. The summed E-state index contributed by atoms with van der Waals surface area (Å²) in [5.74, 6) is -0.129. The highest BCUT2D eigenvalue weighted by molar-refractivity contribution is 9.10. The largest absolute Gasteiger partial charge is 0.325 e. The molecular formula is C13H12BrNO. The summed E-state index contributed by atoms with van der Waals surface area (Å²) in [5, 5.41) is 2.89. The van der Waals surface area contributed by atoms with Crippen molar-refractivity contribution < 1.29 is 4.79 Å². The number of hydrogen-bond donors (Lipinski definition) is 1. The summed E-state index contributed by atoms with van der Waals surface area (Å²) >= 11 is 3.43. The molecule has 1 aromatic rings. The Hall–Kier alpha value is -1.35. The van der Waals surface area contributed by atoms with Gasteiger partial charge in [0.2, 0.25) is 5.91 Å². The van der Waals surface area contributed by atoms with Crippen molar-refractivity contribution in [2.75, 3.05) is 5.32 Å². The van der Waals surface area contributed by atoms with Crippen molar-refractivity contribution in [1.82, 2.24) is 0 Å². The number of halogens is 1. The molecule has 0 spiro atoms. The second-order valence-electron chi connectivity index (χ2n) is 3.75. The van der Waals surface area contributed by atoms with Crippen LogP contribution < -0.4 is 5.32 Å². The second-order valence-corrected chi connectivity index (χ2v) is 4.60. The number of anilines is 1. The molecule has 1 aliphatic carbocycles. The normalized spacial score (nSPS) is 14.4. The van der Waals surface area contributed by atoms with Crippen LogP contribution in [-0.2, 0) is 4.79 Å². The summed E-state index contributed by atoms with van der Waals surface area (Å²) in [6, 6.07) is 5.77. The van der Waals surface area contributed by atoms with Crippen LogP contribution in [0.3, 0.4) is 0 Å². The van der Waals surface area contributed by atoms with E-state index >= 15 is 0 Å². The van der Waals surface area contributed by atoms with Gasteiger partial charge in [-0.15, -0.1) is 0 Å². The first-order valence-electron chi connectivity index (χ1n) is 5.09. The molecule has 3 heteroatoms. The molecule has 0 radical (unpaired) electrons. The minimum absolute atomic E-state index is 0.00622. The molecule has 2 rings (SSSR count). The predicted molar refractivity (Wildman–Crippen MR) is 69.3 cm³/mol. The Balaban J connectivity index is 2.09. The lowest BCUT2D eigenvalue weighted by Crippen LogP contribution is -2.18. The fourth-order valence-electron chi connectivity index (χ4n) is 1.55. The molecule has 0 unspecified atom stereocenters. The Morgan fingerprint density at radius 2 is 2.00 bits per heavy atom. The van der Waals surface area contributed by atoms with Gasteiger partial charge in [0.15, 0.2) is 0 Å². The van der Waals surface area contributed by atoms with Crippen LogP contribution in [0.5, 0.6) is 0 Å². The van der Waals surface area contributed by atoms with E-state index in [1.54, 1.807) is 0 Å². The standard InChI is InChI=1S/C13H12BrNO/c1-9-8-11(6-7-12(9)14)15-13(16)10-4-2-3-5-10/h2-8,10H,1H3,(H,15,16). The number of hydrogen-bond acceptors (Lipinski definition) is 1. The van der Waals surface area contributed by atoms with Crippen molar-refractivity contribution in [2.24, 2.45) is 5.92 Å². The van der Waals surface area contributed by atoms with Crippen LogP contribution >= 0.6 is 15.9 Å². The van der Waals surface area contributed by atoms with E-state index in [0.717, 1.165) is 15.7 Å². The van der Waals surface area contributed by atoms with Crippen molar-refractivity contribution in [2.45, 2.75) is 6.92 Å². The van der Waals surface area contributed by atoms with Gasteiger partial charge in [0.25, 0.3) is 0 Å². The number of carbonyl (C=O) groups is 1. The number of allylic oxidation sites excluding steroid dienone is 2. The van der Waals surface area contributed by atoms with E-state index in [9.17, 15) is 4.79 Å². The molecule has 0 saturated carbocycles. The van der Waals surface area contributed by atoms with Crippen molar-refractivity contribution in [3.63, 3.8) is 0 Å². The third kappa shape index (κ3) is 2.42. The highest BCUT2D eigenvalue weighted by atomic mass is 79.9. The monoisotopic (exact) mass is 277 g/mol. The third-order valence-electron chi connectivity index (χ3n) is 2.48. The fourth-order valence-corrected chi connectivity index (χ4v) is 1.80. The second kappa shape index (κ2) is 4.66. The Bertz CT molecular complexity index is 465. The van der Waals surface area contributed by atoms with Crippen LogP contribution in [0, 0.1) is 12.8 Å². The average Bonchev–Trinajstić information content (AvgIpc) is 2.77. The molecule has 0 atom stereocenters. The summed E-state index contributed by atoms with van der Waals surface area (Å²) in [7, 11) is 0. The molecule has 0 bridgehead atoms. The van der Waals surface area contributed by atoms with Crippen LogP contribution in [0.4, 0.5) is 5.69 Å². The minimum Gasteiger partial charge on any atom is -0.325 e. The zero-order valence-electron chi connectivity index (χ0n) is 8.91. The molecule has 0 fully saturated rings. The maximum Gasteiger partial charge on any atom is 0.235 e. The van der Waals surface area contributed by atoms with Gasteiger partial charge < -0.3 is 5.32 Å². The number of rotatable bonds is 2. The van der Waals surface area contributed by atoms with Crippen LogP contribution in [0.15, 0.2) is 47.0 Å². The van der Waals surface area contributed by atoms with Crippen LogP contribution in [0.25, 0.3) is 0 Å². The van der Waals surface area contributed by atoms with Crippen LogP contribution in [-0.4, -0.2) is 5.91 Å². The molecule has 0 aliphatic heterocycles. The number of carbonyl (C=O) groups excluding carboxylic acids is 1. The lowest BCUT2D eigenvalue weighted by molar-refractivity contribution is -0.117. The van der Waals surface area contributed by atoms with Crippen molar-refractivity contribution in [3.8, 4) is 0 Å². The maximum atomic E-state index is 11.8. The van der Waals surface area contributed by atoms with E-state index in [0.29, 0.717) is 0 Å². The van der Waals surface area contributed by atoms with E-state index in [1.165, 1.54) is 0 Å². The topological polar surface area (TPSA) is 29.1 Å². The van der Waals surface area contributed by atoms with Gasteiger partial charge in [-0.2, -0.15) is 0 Å². The number of amides is 1. The summed E-state index contributed by atoms with van der Waals surface area (Å²) in [6.07, 6.45) is 7.52. The van der Waals surface area contributed by atoms with Gasteiger partial charge in [-0.25, -0.2) is 0 Å². The molecular weight excluding hydrogens is 266 g/mol. The molecule has 82 valence electrons. The van der Waals surface area contributed by atoms with E-state index in [-0.39, 0.29) is 11.8 Å². The molecule has 2 nitrogen and oxygen atoms in total. The SMILES string of the molecule is Cc1cc(NC(=O)C2C=CC=C2)ccc1Br. The molecule has 0 aromatic heterocycles. The number of benzene rings is 1. The quantitative estimate of drug-likeness (QED) is 0.882. The third-order valence-corrected chi connectivity index (χ3v) is 3.37. The number of nitrogens with one attached hydrogen (secondary N) is 1. The van der Waals surface area contributed by atoms with E-state index < -0.39 is 0 Å². The smallest absolute Gasteiger partial charge is 0.235 e. The minimum atomic E-state index is -0.135. The van der Waals surface area contributed by atoms with Gasteiger partial charge >= 0.3 is 0 Å². The zero-order valence-corrected chi connectivity index (χ0v) is 10.5. The van der Waals surface area contributed by atoms with Crippen LogP contribution in [0.2, 0.25) is 0 Å². The van der Waals surface area contributed by atoms with Gasteiger partial charge in [0.1, 0.15) is 0 Å². The zero-order chi connectivity index (χ0) is 11.5. The Labute approximate surface area is 103 Å². The van der Waals surface area contributed by atoms with Gasteiger partial charge in [-0.05, 0) is 30.7 Å². The lowest BCUT2D eigenvalue weighted by atomic mass is 10.1. The summed E-state index contributed by atoms with van der Waals surface area (Å²) in [4.78, 5) is 11.8. The van der Waals surface area contributed by atoms with Crippen molar-refractivity contribution >= 4 is 27.5 Å². The van der Waals surface area contributed by atoms with Crippen molar-refractivity contribution in [1.29, 1.82) is 0 Å². The molecule has 0 heterocycles. The Morgan fingerprint density at radius 3 is 2.62 bits per heavy atom. The van der Waals surface area contributed by atoms with Gasteiger partial charge in [0.05, 0.1) is 5.92 Å². The maximum absolute atomic E-state index is 11.8. The molecule has 1 aromatic carbocycles. The summed E-state index contributed by atoms with van der Waals surface area (Å²) in [5.41, 5.74) is 1.94. The average molecular weight is 278 g/mol.